The quantitative estimate of drug-likeness (QED) is 0.854. The zero-order valence-corrected chi connectivity index (χ0v) is 15.5. The van der Waals surface area contributed by atoms with Crippen molar-refractivity contribution >= 4 is 27.6 Å². The van der Waals surface area contributed by atoms with Crippen molar-refractivity contribution in [2.45, 2.75) is 42.7 Å². The van der Waals surface area contributed by atoms with Crippen LogP contribution in [0.5, 0.6) is 0 Å². The molecule has 3 aliphatic heterocycles. The number of benzene rings is 1. The van der Waals surface area contributed by atoms with E-state index in [0.717, 1.165) is 30.5 Å². The Bertz CT molecular complexity index is 848. The molecule has 8 heteroatoms. The molecule has 0 aromatic heterocycles. The first-order valence-electron chi connectivity index (χ1n) is 8.37. The van der Waals surface area contributed by atoms with Crippen LogP contribution in [0.4, 0.5) is 0 Å². The van der Waals surface area contributed by atoms with E-state index in [0.29, 0.717) is 28.9 Å². The van der Waals surface area contributed by atoms with E-state index >= 15 is 0 Å². The van der Waals surface area contributed by atoms with E-state index in [2.05, 4.69) is 10.3 Å². The molecule has 2 atom stereocenters. The Hall–Kier alpha value is -1.57. The SMILES string of the molecule is COC1=NCC2=C(CC3CCCC2N3S(=O)(=O)c2ccc(Cl)cc2)N1. The van der Waals surface area contributed by atoms with Crippen molar-refractivity contribution in [1.82, 2.24) is 9.62 Å². The molecule has 0 saturated carbocycles. The smallest absolute Gasteiger partial charge is 0.288 e. The highest BCUT2D eigenvalue weighted by Crippen LogP contribution is 2.41. The van der Waals surface area contributed by atoms with Crippen LogP contribution in [-0.4, -0.2) is 44.5 Å². The fraction of sp³-hybridized carbons (Fsp3) is 0.471. The topological polar surface area (TPSA) is 71.0 Å². The molecule has 1 N–H and O–H groups in total. The maximum atomic E-state index is 13.3. The lowest BCUT2D eigenvalue weighted by Crippen LogP contribution is -2.56. The zero-order chi connectivity index (χ0) is 17.6. The van der Waals surface area contributed by atoms with Crippen LogP contribution in [0.15, 0.2) is 45.4 Å². The molecule has 2 bridgehead atoms. The lowest BCUT2D eigenvalue weighted by Gasteiger charge is -2.47. The van der Waals surface area contributed by atoms with E-state index < -0.39 is 10.0 Å². The maximum Gasteiger partial charge on any atom is 0.288 e. The van der Waals surface area contributed by atoms with Gasteiger partial charge in [-0.25, -0.2) is 13.4 Å². The molecular formula is C17H20ClN3O3S. The predicted octanol–water partition coefficient (Wildman–Crippen LogP) is 2.52. The lowest BCUT2D eigenvalue weighted by molar-refractivity contribution is 0.178. The Morgan fingerprint density at radius 3 is 2.76 bits per heavy atom. The minimum Gasteiger partial charge on any atom is -0.468 e. The lowest BCUT2D eigenvalue weighted by atomic mass is 9.84. The summed E-state index contributed by atoms with van der Waals surface area (Å²) in [5, 5.41) is 3.75. The summed E-state index contributed by atoms with van der Waals surface area (Å²) in [4.78, 5) is 4.66. The Morgan fingerprint density at radius 1 is 1.28 bits per heavy atom. The zero-order valence-electron chi connectivity index (χ0n) is 13.9. The van der Waals surface area contributed by atoms with Gasteiger partial charge in [-0.2, -0.15) is 4.31 Å². The highest BCUT2D eigenvalue weighted by atomic mass is 35.5. The summed E-state index contributed by atoms with van der Waals surface area (Å²) < 4.78 is 33.5. The average Bonchev–Trinajstić information content (AvgIpc) is 2.61. The number of piperidine rings is 1. The molecular weight excluding hydrogens is 362 g/mol. The number of hydrogen-bond donors (Lipinski definition) is 1. The van der Waals surface area contributed by atoms with E-state index in [1.54, 1.807) is 35.7 Å². The minimum absolute atomic E-state index is 0.0399. The second-order valence-corrected chi connectivity index (χ2v) is 8.83. The van der Waals surface area contributed by atoms with Gasteiger partial charge >= 0.3 is 0 Å². The van der Waals surface area contributed by atoms with Gasteiger partial charge in [0, 0.05) is 23.2 Å². The molecule has 4 rings (SSSR count). The van der Waals surface area contributed by atoms with Crippen molar-refractivity contribution in [2.75, 3.05) is 13.7 Å². The second-order valence-electron chi connectivity index (χ2n) is 6.55. The van der Waals surface area contributed by atoms with Gasteiger partial charge in [0.05, 0.1) is 24.6 Å². The van der Waals surface area contributed by atoms with Crippen LogP contribution >= 0.6 is 11.6 Å². The van der Waals surface area contributed by atoms with Crippen molar-refractivity contribution < 1.29 is 13.2 Å². The Labute approximate surface area is 152 Å². The van der Waals surface area contributed by atoms with Crippen molar-refractivity contribution in [3.05, 3.63) is 40.6 Å². The molecule has 2 unspecified atom stereocenters. The molecule has 25 heavy (non-hydrogen) atoms. The van der Waals surface area contributed by atoms with E-state index in [4.69, 9.17) is 16.3 Å². The summed E-state index contributed by atoms with van der Waals surface area (Å²) in [5.41, 5.74) is 2.14. The van der Waals surface area contributed by atoms with Gasteiger partial charge in [0.1, 0.15) is 0 Å². The molecule has 0 spiro atoms. The summed E-state index contributed by atoms with van der Waals surface area (Å²) in [6, 6.07) is 6.73. The molecule has 1 aromatic rings. The predicted molar refractivity (Wildman–Crippen MR) is 96.0 cm³/mol. The van der Waals surface area contributed by atoms with Crippen molar-refractivity contribution in [2.24, 2.45) is 4.99 Å². The molecule has 3 heterocycles. The standard InChI is InChI=1S/C17H20ClN3O3S/c1-24-17-19-10-14-15(20-17)9-12-3-2-4-16(14)21(12)25(22,23)13-7-5-11(18)6-8-13/h5-8,12,16H,2-4,9-10H2,1H3,(H,19,20). The Kier molecular flexibility index (Phi) is 4.25. The van der Waals surface area contributed by atoms with Crippen LogP contribution in [0.1, 0.15) is 25.7 Å². The van der Waals surface area contributed by atoms with Crippen molar-refractivity contribution in [1.29, 1.82) is 0 Å². The summed E-state index contributed by atoms with van der Waals surface area (Å²) in [5.74, 6) is 0. The number of amidine groups is 1. The fourth-order valence-electron chi connectivity index (χ4n) is 4.01. The van der Waals surface area contributed by atoms with Crippen LogP contribution in [0.25, 0.3) is 0 Å². The first-order chi connectivity index (χ1) is 12.0. The van der Waals surface area contributed by atoms with Crippen LogP contribution in [0.2, 0.25) is 5.02 Å². The van der Waals surface area contributed by atoms with Gasteiger partial charge in [-0.3, -0.25) is 0 Å². The number of ether oxygens (including phenoxy) is 1. The molecule has 1 saturated heterocycles. The number of hydrogen-bond acceptors (Lipinski definition) is 5. The third-order valence-corrected chi connectivity index (χ3v) is 7.37. The van der Waals surface area contributed by atoms with Gasteiger partial charge in [0.15, 0.2) is 0 Å². The highest BCUT2D eigenvalue weighted by molar-refractivity contribution is 7.89. The van der Waals surface area contributed by atoms with Crippen LogP contribution in [-0.2, 0) is 14.8 Å². The Morgan fingerprint density at radius 2 is 2.04 bits per heavy atom. The van der Waals surface area contributed by atoms with E-state index in [9.17, 15) is 8.42 Å². The van der Waals surface area contributed by atoms with Crippen LogP contribution < -0.4 is 5.32 Å². The van der Waals surface area contributed by atoms with E-state index in [-0.39, 0.29) is 12.1 Å². The molecule has 3 aliphatic rings. The highest BCUT2D eigenvalue weighted by Gasteiger charge is 2.46. The number of nitrogens with zero attached hydrogens (tertiary/aromatic N) is 2. The summed E-state index contributed by atoms with van der Waals surface area (Å²) in [6.45, 7) is 0.482. The van der Waals surface area contributed by atoms with Crippen molar-refractivity contribution in [3.8, 4) is 0 Å². The number of methoxy groups -OCH3 is 1. The van der Waals surface area contributed by atoms with Gasteiger partial charge in [-0.1, -0.05) is 11.6 Å². The Balaban J connectivity index is 1.72. The number of aliphatic imine (C=N–C) groups is 1. The molecule has 0 amide bonds. The van der Waals surface area contributed by atoms with Crippen LogP contribution in [0, 0.1) is 0 Å². The summed E-state index contributed by atoms with van der Waals surface area (Å²) >= 11 is 5.91. The second kappa shape index (κ2) is 6.30. The summed E-state index contributed by atoms with van der Waals surface area (Å²) in [7, 11) is -1.99. The molecule has 1 fully saturated rings. The minimum atomic E-state index is -3.57. The molecule has 6 nitrogen and oxygen atoms in total. The first-order valence-corrected chi connectivity index (χ1v) is 10.2. The third kappa shape index (κ3) is 2.84. The molecule has 134 valence electrons. The third-order valence-electron chi connectivity index (χ3n) is 5.14. The number of rotatable bonds is 2. The van der Waals surface area contributed by atoms with Crippen LogP contribution in [0.3, 0.4) is 0 Å². The molecule has 0 radical (unpaired) electrons. The maximum absolute atomic E-state index is 13.3. The first kappa shape index (κ1) is 16.9. The number of sulfonamides is 1. The van der Waals surface area contributed by atoms with Gasteiger partial charge in [0.25, 0.3) is 6.02 Å². The van der Waals surface area contributed by atoms with Gasteiger partial charge in [-0.15, -0.1) is 0 Å². The van der Waals surface area contributed by atoms with E-state index in [1.807, 2.05) is 0 Å². The largest absolute Gasteiger partial charge is 0.468 e. The van der Waals surface area contributed by atoms with Gasteiger partial charge in [-0.05, 0) is 49.1 Å². The monoisotopic (exact) mass is 381 g/mol. The van der Waals surface area contributed by atoms with Gasteiger partial charge in [0.2, 0.25) is 10.0 Å². The average molecular weight is 382 g/mol. The molecule has 0 aliphatic carbocycles. The number of fused-ring (bicyclic) bond motifs is 3. The van der Waals surface area contributed by atoms with E-state index in [1.165, 1.54) is 0 Å². The number of nitrogens with one attached hydrogen (secondary N) is 1. The van der Waals surface area contributed by atoms with Gasteiger partial charge < -0.3 is 10.1 Å². The van der Waals surface area contributed by atoms with Crippen molar-refractivity contribution in [3.63, 3.8) is 0 Å². The normalized spacial score (nSPS) is 26.6. The fourth-order valence-corrected chi connectivity index (χ4v) is 6.00. The summed E-state index contributed by atoms with van der Waals surface area (Å²) in [6.07, 6.45) is 3.38. The molecule has 1 aromatic carbocycles. The number of halogens is 1.